The molecule has 218 valence electrons. The van der Waals surface area contributed by atoms with E-state index in [9.17, 15) is 19.2 Å². The maximum atomic E-state index is 12.2. The molecule has 0 radical (unpaired) electrons. The number of amides is 4. The second-order valence-corrected chi connectivity index (χ2v) is 10.3. The van der Waals surface area contributed by atoms with Gasteiger partial charge in [-0.15, -0.1) is 0 Å². The zero-order valence-corrected chi connectivity index (χ0v) is 23.9. The van der Waals surface area contributed by atoms with Crippen LogP contribution in [0.3, 0.4) is 0 Å². The summed E-state index contributed by atoms with van der Waals surface area (Å²) in [5.74, 6) is 0.847. The molecule has 2 rings (SSSR count). The number of hydrogen-bond donors (Lipinski definition) is 4. The van der Waals surface area contributed by atoms with Gasteiger partial charge >= 0.3 is 0 Å². The Hall–Kier alpha value is -4.08. The van der Waals surface area contributed by atoms with Gasteiger partial charge in [-0.1, -0.05) is 27.7 Å². The zero-order chi connectivity index (χ0) is 29.3. The Kier molecular flexibility index (Phi) is 14.1. The zero-order valence-electron chi connectivity index (χ0n) is 23.9. The summed E-state index contributed by atoms with van der Waals surface area (Å²) in [5.41, 5.74) is 10.3. The van der Waals surface area contributed by atoms with Crippen LogP contribution in [0.25, 0.3) is 0 Å². The van der Waals surface area contributed by atoms with Crippen molar-refractivity contribution < 1.29 is 28.7 Å². The lowest BCUT2D eigenvalue weighted by atomic mass is 10.1. The molecule has 0 atom stereocenters. The summed E-state index contributed by atoms with van der Waals surface area (Å²) in [4.78, 5) is 48.5. The number of ether oxygens (including phenoxy) is 2. The van der Waals surface area contributed by atoms with Crippen LogP contribution in [0.5, 0.6) is 11.5 Å². The van der Waals surface area contributed by atoms with Crippen molar-refractivity contribution in [2.24, 2.45) is 11.8 Å². The number of carbonyl (C=O) groups is 4. The molecule has 0 aromatic heterocycles. The average molecular weight is 555 g/mol. The first-order chi connectivity index (χ1) is 19.1. The van der Waals surface area contributed by atoms with Crippen LogP contribution in [0.1, 0.15) is 86.9 Å². The summed E-state index contributed by atoms with van der Waals surface area (Å²) in [6, 6.07) is 13.4. The summed E-state index contributed by atoms with van der Waals surface area (Å²) in [5, 5.41) is 0. The van der Waals surface area contributed by atoms with Crippen molar-refractivity contribution >= 4 is 23.6 Å². The van der Waals surface area contributed by atoms with Crippen molar-refractivity contribution in [2.45, 2.75) is 66.2 Å². The van der Waals surface area contributed by atoms with Crippen molar-refractivity contribution in [3.8, 4) is 11.5 Å². The molecule has 4 N–H and O–H groups in total. The molecule has 40 heavy (non-hydrogen) atoms. The van der Waals surface area contributed by atoms with Crippen LogP contribution in [-0.4, -0.2) is 36.8 Å². The fourth-order valence-electron chi connectivity index (χ4n) is 3.32. The second-order valence-electron chi connectivity index (χ2n) is 10.3. The monoisotopic (exact) mass is 554 g/mol. The average Bonchev–Trinajstić information content (AvgIpc) is 2.93. The minimum Gasteiger partial charge on any atom is -0.494 e. The summed E-state index contributed by atoms with van der Waals surface area (Å²) in [6.45, 7) is 9.71. The number of benzene rings is 2. The Morgan fingerprint density at radius 1 is 0.575 bits per heavy atom. The Balaban J connectivity index is 1.57. The lowest BCUT2D eigenvalue weighted by molar-refractivity contribution is -0.123. The largest absolute Gasteiger partial charge is 0.494 e. The van der Waals surface area contributed by atoms with Gasteiger partial charge in [0.2, 0.25) is 11.8 Å². The predicted octanol–water partition coefficient (Wildman–Crippen LogP) is 4.32. The number of rotatable bonds is 15. The van der Waals surface area contributed by atoms with Gasteiger partial charge in [0.25, 0.3) is 11.8 Å². The quantitative estimate of drug-likeness (QED) is 0.191. The van der Waals surface area contributed by atoms with Gasteiger partial charge in [-0.2, -0.15) is 0 Å². The van der Waals surface area contributed by atoms with Gasteiger partial charge in [0.15, 0.2) is 0 Å². The van der Waals surface area contributed by atoms with E-state index < -0.39 is 11.8 Å². The van der Waals surface area contributed by atoms with Crippen molar-refractivity contribution in [2.75, 3.05) is 13.2 Å². The van der Waals surface area contributed by atoms with E-state index in [1.807, 2.05) is 0 Å². The van der Waals surface area contributed by atoms with Crippen molar-refractivity contribution in [3.63, 3.8) is 0 Å². The highest BCUT2D eigenvalue weighted by Gasteiger charge is 2.10. The van der Waals surface area contributed by atoms with Gasteiger partial charge in [0, 0.05) is 24.0 Å². The molecule has 4 amide bonds. The van der Waals surface area contributed by atoms with Crippen molar-refractivity contribution in [1.29, 1.82) is 0 Å². The molecule has 0 fully saturated rings. The fourth-order valence-corrected chi connectivity index (χ4v) is 3.32. The summed E-state index contributed by atoms with van der Waals surface area (Å²) in [6.07, 6.45) is 3.02. The molecule has 0 aliphatic rings. The van der Waals surface area contributed by atoms with E-state index in [-0.39, 0.29) is 24.7 Å². The highest BCUT2D eigenvalue weighted by atomic mass is 16.5. The molecule has 2 aromatic carbocycles. The number of hydrogen-bond acceptors (Lipinski definition) is 6. The number of unbranched alkanes of at least 4 members (excludes halogenated alkanes) is 1. The molecule has 10 heteroatoms. The molecule has 0 aliphatic heterocycles. The topological polar surface area (TPSA) is 135 Å². The van der Waals surface area contributed by atoms with E-state index in [1.54, 1.807) is 48.5 Å². The first-order valence-corrected chi connectivity index (χ1v) is 13.8. The summed E-state index contributed by atoms with van der Waals surface area (Å²) < 4.78 is 11.3. The summed E-state index contributed by atoms with van der Waals surface area (Å²) >= 11 is 0. The molecule has 2 aromatic rings. The molecule has 0 aliphatic carbocycles. The lowest BCUT2D eigenvalue weighted by Crippen LogP contribution is -2.42. The van der Waals surface area contributed by atoms with Crippen molar-refractivity contribution in [1.82, 2.24) is 21.7 Å². The third-order valence-corrected chi connectivity index (χ3v) is 5.85. The van der Waals surface area contributed by atoms with E-state index in [1.165, 1.54) is 0 Å². The van der Waals surface area contributed by atoms with Gasteiger partial charge in [-0.05, 0) is 86.1 Å². The number of carbonyl (C=O) groups excluding carboxylic acids is 4. The van der Waals surface area contributed by atoms with E-state index >= 15 is 0 Å². The third-order valence-electron chi connectivity index (χ3n) is 5.85. The van der Waals surface area contributed by atoms with E-state index in [4.69, 9.17) is 9.47 Å². The van der Waals surface area contributed by atoms with Crippen LogP contribution in [0.4, 0.5) is 0 Å². The molecule has 10 nitrogen and oxygen atoms in total. The number of hydrazine groups is 2. The van der Waals surface area contributed by atoms with E-state index in [0.717, 1.165) is 12.8 Å². The third kappa shape index (κ3) is 13.1. The first kappa shape index (κ1) is 32.1. The molecule has 0 saturated carbocycles. The van der Waals surface area contributed by atoms with E-state index in [0.29, 0.717) is 60.5 Å². The van der Waals surface area contributed by atoms with Gasteiger partial charge in [0.1, 0.15) is 11.5 Å². The Morgan fingerprint density at radius 3 is 1.25 bits per heavy atom. The maximum Gasteiger partial charge on any atom is 0.269 e. The molecule has 0 heterocycles. The van der Waals surface area contributed by atoms with E-state index in [2.05, 4.69) is 49.4 Å². The summed E-state index contributed by atoms with van der Waals surface area (Å²) in [7, 11) is 0. The van der Waals surface area contributed by atoms with Gasteiger partial charge in [-0.3, -0.25) is 40.9 Å². The standard InChI is InChI=1S/C30H42N4O6/c1-21(2)17-19-39-25-13-9-23(10-14-25)29(37)33-31-27(35)7-5-6-8-28(36)32-34-30(38)24-11-15-26(16-12-24)40-20-18-22(3)4/h9-16,21-22H,5-8,17-20H2,1-4H3,(H,31,35)(H,32,36)(H,33,37)(H,34,38). The maximum absolute atomic E-state index is 12.2. The van der Waals surface area contributed by atoms with Crippen LogP contribution in [0.15, 0.2) is 48.5 Å². The highest BCUT2D eigenvalue weighted by molar-refractivity contribution is 5.96. The predicted molar refractivity (Wildman–Crippen MR) is 152 cm³/mol. The molecular weight excluding hydrogens is 512 g/mol. The van der Waals surface area contributed by atoms with Crippen molar-refractivity contribution in [3.05, 3.63) is 59.7 Å². The fraction of sp³-hybridized carbons (Fsp3) is 0.467. The smallest absolute Gasteiger partial charge is 0.269 e. The SMILES string of the molecule is CC(C)CCOc1ccc(C(=O)NNC(=O)CCCCC(=O)NNC(=O)c2ccc(OCCC(C)C)cc2)cc1. The number of nitrogens with one attached hydrogen (secondary N) is 4. The minimum atomic E-state index is -0.439. The molecule has 0 unspecified atom stereocenters. The van der Waals surface area contributed by atoms with Crippen LogP contribution in [0, 0.1) is 11.8 Å². The Labute approximate surface area is 236 Å². The van der Waals surface area contributed by atoms with Crippen LogP contribution >= 0.6 is 0 Å². The van der Waals surface area contributed by atoms with Crippen LogP contribution in [-0.2, 0) is 9.59 Å². The molecule has 0 saturated heterocycles. The van der Waals surface area contributed by atoms with Gasteiger partial charge < -0.3 is 9.47 Å². The molecular formula is C30H42N4O6. The highest BCUT2D eigenvalue weighted by Crippen LogP contribution is 2.14. The Morgan fingerprint density at radius 2 is 0.925 bits per heavy atom. The first-order valence-electron chi connectivity index (χ1n) is 13.8. The Bertz CT molecular complexity index is 997. The molecule has 0 spiro atoms. The normalized spacial score (nSPS) is 10.7. The minimum absolute atomic E-state index is 0.133. The second kappa shape index (κ2) is 17.5. The molecule has 0 bridgehead atoms. The van der Waals surface area contributed by atoms with Crippen LogP contribution < -0.4 is 31.2 Å². The van der Waals surface area contributed by atoms with Gasteiger partial charge in [0.05, 0.1) is 13.2 Å². The lowest BCUT2D eigenvalue weighted by Gasteiger charge is -2.10. The van der Waals surface area contributed by atoms with Crippen LogP contribution in [0.2, 0.25) is 0 Å². The van der Waals surface area contributed by atoms with Gasteiger partial charge in [-0.25, -0.2) is 0 Å².